The quantitative estimate of drug-likeness (QED) is 0.464. The van der Waals surface area contributed by atoms with E-state index < -0.39 is 10.7 Å². The van der Waals surface area contributed by atoms with Crippen LogP contribution in [-0.4, -0.2) is 35.6 Å². The smallest absolute Gasteiger partial charge is 0.270 e. The maximum absolute atomic E-state index is 12.3. The van der Waals surface area contributed by atoms with Crippen LogP contribution in [0.3, 0.4) is 0 Å². The van der Waals surface area contributed by atoms with Gasteiger partial charge in [-0.1, -0.05) is 0 Å². The average Bonchev–Trinajstić information content (AvgIpc) is 2.99. The van der Waals surface area contributed by atoms with E-state index in [2.05, 4.69) is 5.32 Å². The van der Waals surface area contributed by atoms with Crippen LogP contribution in [0.4, 0.5) is 5.69 Å². The number of hydrogen-bond donors (Lipinski definition) is 2. The second-order valence-corrected chi connectivity index (χ2v) is 4.63. The van der Waals surface area contributed by atoms with Crippen molar-refractivity contribution in [2.45, 2.75) is 18.9 Å². The molecule has 7 nitrogen and oxygen atoms in total. The minimum Gasteiger partial charge on any atom is -0.324 e. The van der Waals surface area contributed by atoms with E-state index in [-0.39, 0.29) is 35.2 Å². The molecular formula is C13H15N3O4. The molecule has 0 aromatic heterocycles. The second-order valence-electron chi connectivity index (χ2n) is 4.63. The minimum atomic E-state index is -0.602. The molecular weight excluding hydrogens is 262 g/mol. The normalized spacial score (nSPS) is 17.9. The van der Waals surface area contributed by atoms with E-state index in [1.54, 1.807) is 0 Å². The van der Waals surface area contributed by atoms with Gasteiger partial charge in [0.05, 0.1) is 17.5 Å². The van der Waals surface area contributed by atoms with Gasteiger partial charge in [0.25, 0.3) is 5.69 Å². The fourth-order valence-electron chi connectivity index (χ4n) is 2.30. The maximum Gasteiger partial charge on any atom is 0.270 e. The molecule has 1 saturated heterocycles. The number of hydrogen-bond acceptors (Lipinski definition) is 6. The number of nitrogens with zero attached hydrogens (tertiary/aromatic N) is 1. The van der Waals surface area contributed by atoms with Gasteiger partial charge in [-0.15, -0.1) is 0 Å². The summed E-state index contributed by atoms with van der Waals surface area (Å²) in [6.07, 6.45) is 1.59. The summed E-state index contributed by atoms with van der Waals surface area (Å²) in [6, 6.07) is 3.36. The van der Waals surface area contributed by atoms with E-state index in [4.69, 9.17) is 5.73 Å². The number of nitro benzene ring substituents is 1. The summed E-state index contributed by atoms with van der Waals surface area (Å²) in [5, 5.41) is 13.8. The van der Waals surface area contributed by atoms with Gasteiger partial charge in [0.15, 0.2) is 11.6 Å². The Morgan fingerprint density at radius 3 is 2.70 bits per heavy atom. The van der Waals surface area contributed by atoms with Gasteiger partial charge < -0.3 is 11.1 Å². The Hall–Kier alpha value is -2.12. The van der Waals surface area contributed by atoms with Crippen LogP contribution in [0.5, 0.6) is 0 Å². The third kappa shape index (κ3) is 2.73. The molecule has 1 aliphatic heterocycles. The zero-order chi connectivity index (χ0) is 14.7. The molecule has 1 aliphatic rings. The van der Waals surface area contributed by atoms with Crippen molar-refractivity contribution < 1.29 is 14.5 Å². The number of nitro groups is 1. The highest BCUT2D eigenvalue weighted by molar-refractivity contribution is 6.11. The molecule has 0 amide bonds. The molecule has 2 rings (SSSR count). The van der Waals surface area contributed by atoms with Crippen LogP contribution in [0.2, 0.25) is 0 Å². The monoisotopic (exact) mass is 277 g/mol. The maximum atomic E-state index is 12.3. The van der Waals surface area contributed by atoms with Crippen molar-refractivity contribution in [3.8, 4) is 0 Å². The highest BCUT2D eigenvalue weighted by Gasteiger charge is 2.27. The summed E-state index contributed by atoms with van der Waals surface area (Å²) in [5.41, 5.74) is 5.31. The first-order chi connectivity index (χ1) is 9.54. The van der Waals surface area contributed by atoms with Crippen molar-refractivity contribution in [3.05, 3.63) is 39.4 Å². The third-order valence-corrected chi connectivity index (χ3v) is 3.34. The standard InChI is InChI=1S/C13H15N3O4/c14-7-12(17)10-6-8(16(19)20)3-4-9(10)13(18)11-2-1-5-15-11/h3-4,6,11,15H,1-2,5,7,14H2. The van der Waals surface area contributed by atoms with E-state index in [9.17, 15) is 19.7 Å². The van der Waals surface area contributed by atoms with Gasteiger partial charge in [0.2, 0.25) is 0 Å². The highest BCUT2D eigenvalue weighted by atomic mass is 16.6. The average molecular weight is 277 g/mol. The number of nitrogens with one attached hydrogen (secondary N) is 1. The molecule has 0 saturated carbocycles. The Labute approximate surface area is 115 Å². The fraction of sp³-hybridized carbons (Fsp3) is 0.385. The summed E-state index contributed by atoms with van der Waals surface area (Å²) in [7, 11) is 0. The number of non-ortho nitro benzene ring substituents is 1. The lowest BCUT2D eigenvalue weighted by molar-refractivity contribution is -0.384. The Morgan fingerprint density at radius 2 is 2.15 bits per heavy atom. The van der Waals surface area contributed by atoms with Gasteiger partial charge in [0.1, 0.15) is 0 Å². The van der Waals surface area contributed by atoms with Gasteiger partial charge in [-0.05, 0) is 25.5 Å². The summed E-state index contributed by atoms with van der Waals surface area (Å²) in [4.78, 5) is 34.3. The summed E-state index contributed by atoms with van der Waals surface area (Å²) in [6.45, 7) is 0.461. The fourth-order valence-corrected chi connectivity index (χ4v) is 2.30. The van der Waals surface area contributed by atoms with Crippen LogP contribution in [-0.2, 0) is 0 Å². The molecule has 1 heterocycles. The number of carbonyl (C=O) groups is 2. The lowest BCUT2D eigenvalue weighted by Crippen LogP contribution is -2.32. The van der Waals surface area contributed by atoms with Crippen molar-refractivity contribution in [3.63, 3.8) is 0 Å². The van der Waals surface area contributed by atoms with Crippen LogP contribution >= 0.6 is 0 Å². The molecule has 3 N–H and O–H groups in total. The Kier molecular flexibility index (Phi) is 4.21. The number of benzene rings is 1. The van der Waals surface area contributed by atoms with E-state index in [1.807, 2.05) is 0 Å². The van der Waals surface area contributed by atoms with E-state index in [0.717, 1.165) is 19.0 Å². The van der Waals surface area contributed by atoms with E-state index in [1.165, 1.54) is 12.1 Å². The molecule has 1 fully saturated rings. The van der Waals surface area contributed by atoms with Crippen LogP contribution in [0.1, 0.15) is 33.6 Å². The number of rotatable bonds is 5. The van der Waals surface area contributed by atoms with Crippen LogP contribution < -0.4 is 11.1 Å². The number of ketones is 2. The molecule has 0 bridgehead atoms. The molecule has 0 aliphatic carbocycles. The van der Waals surface area contributed by atoms with Crippen molar-refractivity contribution in [1.82, 2.24) is 5.32 Å². The SMILES string of the molecule is NCC(=O)c1cc([N+](=O)[O-])ccc1C(=O)C1CCCN1. The van der Waals surface area contributed by atoms with Crippen molar-refractivity contribution >= 4 is 17.3 Å². The molecule has 0 radical (unpaired) electrons. The molecule has 0 spiro atoms. The van der Waals surface area contributed by atoms with E-state index >= 15 is 0 Å². The summed E-state index contributed by atoms with van der Waals surface area (Å²) >= 11 is 0. The Morgan fingerprint density at radius 1 is 1.40 bits per heavy atom. The van der Waals surface area contributed by atoms with Crippen LogP contribution in [0.15, 0.2) is 18.2 Å². The zero-order valence-electron chi connectivity index (χ0n) is 10.8. The molecule has 106 valence electrons. The van der Waals surface area contributed by atoms with Gasteiger partial charge >= 0.3 is 0 Å². The lowest BCUT2D eigenvalue weighted by atomic mass is 9.95. The topological polar surface area (TPSA) is 115 Å². The highest BCUT2D eigenvalue weighted by Crippen LogP contribution is 2.21. The van der Waals surface area contributed by atoms with Crippen molar-refractivity contribution in [1.29, 1.82) is 0 Å². The van der Waals surface area contributed by atoms with E-state index in [0.29, 0.717) is 6.42 Å². The predicted molar refractivity (Wildman–Crippen MR) is 71.8 cm³/mol. The molecule has 20 heavy (non-hydrogen) atoms. The minimum absolute atomic E-state index is 0.0281. The summed E-state index contributed by atoms with van der Waals surface area (Å²) in [5.74, 6) is -0.691. The van der Waals surface area contributed by atoms with Gasteiger partial charge in [0, 0.05) is 23.3 Å². The number of Topliss-reactive ketones (excluding diaryl/α,β-unsaturated/α-hetero) is 2. The first-order valence-electron chi connectivity index (χ1n) is 6.34. The molecule has 1 aromatic rings. The van der Waals surface area contributed by atoms with Crippen LogP contribution in [0, 0.1) is 10.1 Å². The Balaban J connectivity index is 2.43. The molecule has 7 heteroatoms. The third-order valence-electron chi connectivity index (χ3n) is 3.34. The molecule has 1 aromatic carbocycles. The summed E-state index contributed by atoms with van der Waals surface area (Å²) < 4.78 is 0. The Bertz CT molecular complexity index is 565. The van der Waals surface area contributed by atoms with Crippen molar-refractivity contribution in [2.75, 3.05) is 13.1 Å². The largest absolute Gasteiger partial charge is 0.324 e. The lowest BCUT2D eigenvalue weighted by Gasteiger charge is -2.12. The van der Waals surface area contributed by atoms with Gasteiger partial charge in [-0.2, -0.15) is 0 Å². The number of carbonyl (C=O) groups excluding carboxylic acids is 2. The first kappa shape index (κ1) is 14.3. The first-order valence-corrected chi connectivity index (χ1v) is 6.34. The molecule has 1 unspecified atom stereocenters. The van der Waals surface area contributed by atoms with Crippen molar-refractivity contribution in [2.24, 2.45) is 5.73 Å². The molecule has 1 atom stereocenters. The zero-order valence-corrected chi connectivity index (χ0v) is 10.8. The van der Waals surface area contributed by atoms with Crippen LogP contribution in [0.25, 0.3) is 0 Å². The second kappa shape index (κ2) is 5.89. The van der Waals surface area contributed by atoms with Gasteiger partial charge in [-0.25, -0.2) is 0 Å². The number of nitrogens with two attached hydrogens (primary N) is 1. The van der Waals surface area contributed by atoms with Gasteiger partial charge in [-0.3, -0.25) is 19.7 Å². The predicted octanol–water partition coefficient (Wildman–Crippen LogP) is 0.671.